The van der Waals surface area contributed by atoms with E-state index in [1.165, 1.54) is 58.4 Å². The van der Waals surface area contributed by atoms with Gasteiger partial charge in [-0.1, -0.05) is 27.7 Å². The lowest BCUT2D eigenvalue weighted by atomic mass is 9.84. The summed E-state index contributed by atoms with van der Waals surface area (Å²) in [5, 5.41) is 3.59. The van der Waals surface area contributed by atoms with Crippen LogP contribution >= 0.6 is 0 Å². The molecule has 17 heavy (non-hydrogen) atoms. The molecule has 1 rings (SSSR count). The van der Waals surface area contributed by atoms with Gasteiger partial charge in [-0.2, -0.15) is 0 Å². The van der Waals surface area contributed by atoms with Crippen LogP contribution in [-0.4, -0.2) is 37.6 Å². The van der Waals surface area contributed by atoms with Gasteiger partial charge in [-0.3, -0.25) is 0 Å². The predicted molar refractivity (Wildman–Crippen MR) is 76.4 cm³/mol. The van der Waals surface area contributed by atoms with E-state index in [1.807, 2.05) is 0 Å². The highest BCUT2D eigenvalue weighted by Gasteiger charge is 2.15. The third-order valence-corrected chi connectivity index (χ3v) is 3.58. The van der Waals surface area contributed by atoms with Gasteiger partial charge >= 0.3 is 0 Å². The minimum Gasteiger partial charge on any atom is -0.315 e. The highest BCUT2D eigenvalue weighted by atomic mass is 15.1. The third kappa shape index (κ3) is 7.77. The number of nitrogens with one attached hydrogen (secondary N) is 1. The minimum atomic E-state index is 0.481. The van der Waals surface area contributed by atoms with Crippen LogP contribution in [0, 0.1) is 11.3 Å². The summed E-state index contributed by atoms with van der Waals surface area (Å²) in [6.45, 7) is 15.6. The van der Waals surface area contributed by atoms with E-state index in [9.17, 15) is 0 Å². The van der Waals surface area contributed by atoms with E-state index in [2.05, 4.69) is 37.9 Å². The van der Waals surface area contributed by atoms with E-state index < -0.39 is 0 Å². The fraction of sp³-hybridized carbons (Fsp3) is 1.00. The lowest BCUT2D eigenvalue weighted by Gasteiger charge is -2.23. The zero-order chi connectivity index (χ0) is 12.7. The molecule has 0 bridgehead atoms. The van der Waals surface area contributed by atoms with Gasteiger partial charge < -0.3 is 10.2 Å². The van der Waals surface area contributed by atoms with E-state index in [1.54, 1.807) is 0 Å². The first-order chi connectivity index (χ1) is 7.97. The molecule has 1 heterocycles. The molecule has 1 atom stereocenters. The smallest absolute Gasteiger partial charge is 0.0107 e. The van der Waals surface area contributed by atoms with Crippen molar-refractivity contribution in [2.45, 2.75) is 53.4 Å². The van der Waals surface area contributed by atoms with Gasteiger partial charge in [0.2, 0.25) is 0 Å². The molecule has 0 spiro atoms. The molecule has 102 valence electrons. The Kier molecular flexibility index (Phi) is 6.50. The summed E-state index contributed by atoms with van der Waals surface area (Å²) in [6.07, 6.45) is 5.46. The van der Waals surface area contributed by atoms with Crippen molar-refractivity contribution >= 4 is 0 Å². The number of nitrogens with zero attached hydrogens (tertiary/aromatic N) is 1. The Balaban J connectivity index is 1.92. The summed E-state index contributed by atoms with van der Waals surface area (Å²) in [6, 6.07) is 0. The first kappa shape index (κ1) is 15.0. The number of rotatable bonds is 7. The highest BCUT2D eigenvalue weighted by Crippen LogP contribution is 2.25. The first-order valence-electron chi connectivity index (χ1n) is 7.40. The lowest BCUT2D eigenvalue weighted by Crippen LogP contribution is -2.31. The van der Waals surface area contributed by atoms with Crippen LogP contribution in [-0.2, 0) is 0 Å². The SMILES string of the molecule is CC(CCNCCN1CCCC1)CC(C)(C)C. The molecule has 0 radical (unpaired) electrons. The number of hydrogen-bond acceptors (Lipinski definition) is 2. The van der Waals surface area contributed by atoms with Crippen molar-refractivity contribution in [3.63, 3.8) is 0 Å². The van der Waals surface area contributed by atoms with Gasteiger partial charge in [0.1, 0.15) is 0 Å². The predicted octanol–water partition coefficient (Wildman–Crippen LogP) is 3.13. The second-order valence-corrected chi connectivity index (χ2v) is 6.96. The quantitative estimate of drug-likeness (QED) is 0.688. The van der Waals surface area contributed by atoms with Crippen molar-refractivity contribution in [2.24, 2.45) is 11.3 Å². The zero-order valence-electron chi connectivity index (χ0n) is 12.4. The molecule has 1 N–H and O–H groups in total. The maximum Gasteiger partial charge on any atom is 0.0107 e. The molecule has 2 heteroatoms. The van der Waals surface area contributed by atoms with Gasteiger partial charge in [0.25, 0.3) is 0 Å². The summed E-state index contributed by atoms with van der Waals surface area (Å²) in [7, 11) is 0. The lowest BCUT2D eigenvalue weighted by molar-refractivity contribution is 0.291. The molecule has 1 saturated heterocycles. The highest BCUT2D eigenvalue weighted by molar-refractivity contribution is 4.69. The molecule has 1 fully saturated rings. The second kappa shape index (κ2) is 7.38. The molecule has 0 saturated carbocycles. The summed E-state index contributed by atoms with van der Waals surface area (Å²) in [5.74, 6) is 0.842. The van der Waals surface area contributed by atoms with Crippen LogP contribution in [0.15, 0.2) is 0 Å². The van der Waals surface area contributed by atoms with Crippen LogP contribution in [0.4, 0.5) is 0 Å². The molecular weight excluding hydrogens is 208 g/mol. The van der Waals surface area contributed by atoms with Gasteiger partial charge in [-0.15, -0.1) is 0 Å². The van der Waals surface area contributed by atoms with Gasteiger partial charge in [-0.25, -0.2) is 0 Å². The molecule has 0 aromatic carbocycles. The molecule has 0 amide bonds. The molecule has 2 nitrogen and oxygen atoms in total. The summed E-state index contributed by atoms with van der Waals surface area (Å²) in [5.41, 5.74) is 0.481. The van der Waals surface area contributed by atoms with E-state index >= 15 is 0 Å². The van der Waals surface area contributed by atoms with Crippen molar-refractivity contribution < 1.29 is 0 Å². The van der Waals surface area contributed by atoms with Crippen molar-refractivity contribution in [3.8, 4) is 0 Å². The van der Waals surface area contributed by atoms with E-state index in [4.69, 9.17) is 0 Å². The number of likely N-dealkylation sites (tertiary alicyclic amines) is 1. The third-order valence-electron chi connectivity index (χ3n) is 3.58. The Morgan fingerprint density at radius 1 is 1.12 bits per heavy atom. The average molecular weight is 240 g/mol. The fourth-order valence-electron chi connectivity index (χ4n) is 2.86. The second-order valence-electron chi connectivity index (χ2n) is 6.96. The molecule has 0 aromatic heterocycles. The molecule has 0 aliphatic carbocycles. The van der Waals surface area contributed by atoms with E-state index in [-0.39, 0.29) is 0 Å². The summed E-state index contributed by atoms with van der Waals surface area (Å²) >= 11 is 0. The Morgan fingerprint density at radius 2 is 1.76 bits per heavy atom. The monoisotopic (exact) mass is 240 g/mol. The van der Waals surface area contributed by atoms with Crippen LogP contribution in [0.2, 0.25) is 0 Å². The summed E-state index contributed by atoms with van der Waals surface area (Å²) < 4.78 is 0. The topological polar surface area (TPSA) is 15.3 Å². The first-order valence-corrected chi connectivity index (χ1v) is 7.40. The van der Waals surface area contributed by atoms with Gasteiger partial charge in [0, 0.05) is 13.1 Å². The van der Waals surface area contributed by atoms with Crippen LogP contribution in [0.3, 0.4) is 0 Å². The zero-order valence-corrected chi connectivity index (χ0v) is 12.4. The largest absolute Gasteiger partial charge is 0.315 e. The Hall–Kier alpha value is -0.0800. The van der Waals surface area contributed by atoms with Crippen molar-refractivity contribution in [3.05, 3.63) is 0 Å². The van der Waals surface area contributed by atoms with Gasteiger partial charge in [0.15, 0.2) is 0 Å². The van der Waals surface area contributed by atoms with Gasteiger partial charge in [-0.05, 0) is 56.7 Å². The molecule has 0 aromatic rings. The number of hydrogen-bond donors (Lipinski definition) is 1. The van der Waals surface area contributed by atoms with Crippen LogP contribution in [0.25, 0.3) is 0 Å². The standard InChI is InChI=1S/C15H32N2/c1-14(13-15(2,3)4)7-8-16-9-12-17-10-5-6-11-17/h14,16H,5-13H2,1-4H3. The maximum atomic E-state index is 3.59. The molecule has 1 aliphatic rings. The normalized spacial score (nSPS) is 19.8. The fourth-order valence-corrected chi connectivity index (χ4v) is 2.86. The Labute approximate surface area is 108 Å². The summed E-state index contributed by atoms with van der Waals surface area (Å²) in [4.78, 5) is 2.57. The van der Waals surface area contributed by atoms with Crippen LogP contribution in [0.1, 0.15) is 53.4 Å². The van der Waals surface area contributed by atoms with E-state index in [0.29, 0.717) is 5.41 Å². The van der Waals surface area contributed by atoms with Gasteiger partial charge in [0.05, 0.1) is 0 Å². The van der Waals surface area contributed by atoms with Crippen LogP contribution < -0.4 is 5.32 Å². The Morgan fingerprint density at radius 3 is 2.35 bits per heavy atom. The van der Waals surface area contributed by atoms with Crippen molar-refractivity contribution in [2.75, 3.05) is 32.7 Å². The average Bonchev–Trinajstić information content (AvgIpc) is 2.67. The Bertz CT molecular complexity index is 190. The van der Waals surface area contributed by atoms with E-state index in [0.717, 1.165) is 5.92 Å². The molecule has 1 aliphatic heterocycles. The van der Waals surface area contributed by atoms with Crippen molar-refractivity contribution in [1.82, 2.24) is 10.2 Å². The van der Waals surface area contributed by atoms with Crippen LogP contribution in [0.5, 0.6) is 0 Å². The molecule has 1 unspecified atom stereocenters. The minimum absolute atomic E-state index is 0.481. The maximum absolute atomic E-state index is 3.59. The van der Waals surface area contributed by atoms with Crippen molar-refractivity contribution in [1.29, 1.82) is 0 Å². The molecular formula is C15H32N2.